The molecule has 1 amide bonds. The number of hydrogen-bond donors (Lipinski definition) is 1. The van der Waals surface area contributed by atoms with Crippen LogP contribution in [-0.2, 0) is 4.79 Å². The third kappa shape index (κ3) is 2.38. The third-order valence-corrected chi connectivity index (χ3v) is 1.56. The minimum atomic E-state index is 0.0126. The number of amides is 1. The Kier molecular flexibility index (Phi) is 2.39. The smallest absolute Gasteiger partial charge is 0.224 e. The van der Waals surface area contributed by atoms with Crippen molar-refractivity contribution in [1.82, 2.24) is 0 Å². The Labute approximate surface area is 74.0 Å². The number of benzene rings is 1. The molecule has 1 rings (SSSR count). The molecule has 0 saturated carbocycles. The predicted molar refractivity (Wildman–Crippen MR) is 50.1 cm³/mol. The van der Waals surface area contributed by atoms with Crippen LogP contribution in [0.2, 0.25) is 0 Å². The Bertz CT molecular complexity index is 281. The second kappa shape index (κ2) is 3.90. The second-order valence-electron chi connectivity index (χ2n) is 2.60. The summed E-state index contributed by atoms with van der Waals surface area (Å²) in [5, 5.41) is 2.74. The van der Waals surface area contributed by atoms with Gasteiger partial charge < -0.3 is 5.32 Å². The van der Waals surface area contributed by atoms with Gasteiger partial charge in [0.25, 0.3) is 0 Å². The van der Waals surface area contributed by atoms with Gasteiger partial charge >= 0.3 is 0 Å². The molecule has 0 aliphatic heterocycles. The lowest BCUT2D eigenvalue weighted by Crippen LogP contribution is -2.08. The molecule has 1 aromatic carbocycles. The van der Waals surface area contributed by atoms with Crippen molar-refractivity contribution in [2.24, 2.45) is 0 Å². The topological polar surface area (TPSA) is 29.1 Å². The first kappa shape index (κ1) is 7.35. The van der Waals surface area contributed by atoms with Gasteiger partial charge in [-0.25, -0.2) is 0 Å². The van der Waals surface area contributed by atoms with E-state index in [0.717, 1.165) is 11.3 Å². The molecular formula is C10H13NO. The average molecular weight is 164 g/mol. The highest BCUT2D eigenvalue weighted by Crippen LogP contribution is 2.08. The zero-order valence-corrected chi connectivity index (χ0v) is 7.13. The van der Waals surface area contributed by atoms with Crippen molar-refractivity contribution >= 4 is 11.6 Å². The van der Waals surface area contributed by atoms with E-state index < -0.39 is 0 Å². The summed E-state index contributed by atoms with van der Waals surface area (Å²) in [6, 6.07) is 7.32. The minimum absolute atomic E-state index is 0.0126. The van der Waals surface area contributed by atoms with Crippen LogP contribution in [0.3, 0.4) is 0 Å². The lowest BCUT2D eigenvalue weighted by atomic mass is 10.2. The van der Waals surface area contributed by atoms with E-state index in [1.165, 1.54) is 0 Å². The van der Waals surface area contributed by atoms with E-state index in [-0.39, 0.29) is 12.8 Å². The molecule has 0 bridgehead atoms. The Hall–Kier alpha value is -1.31. The maximum atomic E-state index is 11.0. The number of carbonyl (C=O) groups excluding carboxylic acids is 1. The van der Waals surface area contributed by atoms with E-state index in [0.29, 0.717) is 6.42 Å². The summed E-state index contributed by atoms with van der Waals surface area (Å²) < 4.78 is 7.10. The number of anilines is 1. The fourth-order valence-electron chi connectivity index (χ4n) is 0.837. The van der Waals surface area contributed by atoms with Crippen LogP contribution >= 0.6 is 0 Å². The summed E-state index contributed by atoms with van der Waals surface area (Å²) in [6.07, 6.45) is 0.486. The molecular weight excluding hydrogens is 150 g/mol. The maximum absolute atomic E-state index is 11.0. The van der Waals surface area contributed by atoms with Crippen LogP contribution in [0.15, 0.2) is 24.3 Å². The monoisotopic (exact) mass is 164 g/mol. The van der Waals surface area contributed by atoms with Crippen LogP contribution in [0.25, 0.3) is 0 Å². The third-order valence-electron chi connectivity index (χ3n) is 1.56. The molecule has 0 saturated heterocycles. The molecule has 0 radical (unpaired) electrons. The van der Waals surface area contributed by atoms with Gasteiger partial charge in [0.15, 0.2) is 0 Å². The van der Waals surface area contributed by atoms with Gasteiger partial charge in [-0.05, 0) is 19.0 Å². The molecule has 0 aliphatic carbocycles. The van der Waals surface area contributed by atoms with Crippen LogP contribution in [0.1, 0.15) is 20.3 Å². The van der Waals surface area contributed by atoms with Gasteiger partial charge in [0.05, 0.1) is 0 Å². The number of hydrogen-bond acceptors (Lipinski definition) is 1. The first-order valence-electron chi connectivity index (χ1n) is 4.65. The van der Waals surface area contributed by atoms with E-state index in [4.69, 9.17) is 1.37 Å². The minimum Gasteiger partial charge on any atom is -0.326 e. The van der Waals surface area contributed by atoms with E-state index in [9.17, 15) is 4.79 Å². The van der Waals surface area contributed by atoms with Gasteiger partial charge in [-0.1, -0.05) is 24.6 Å². The molecule has 0 atom stereocenters. The summed E-state index contributed by atoms with van der Waals surface area (Å²) in [6.45, 7) is 2.09. The Morgan fingerprint density at radius 2 is 2.17 bits per heavy atom. The SMILES string of the molecule is [2H]Cc1ccc(NC(=O)CC)cc1. The molecule has 2 nitrogen and oxygen atoms in total. The van der Waals surface area contributed by atoms with Crippen LogP contribution in [0.4, 0.5) is 5.69 Å². The first-order chi connectivity index (χ1) is 6.26. The Morgan fingerprint density at radius 1 is 1.50 bits per heavy atom. The molecule has 0 unspecified atom stereocenters. The molecule has 0 aliphatic rings. The first-order valence-corrected chi connectivity index (χ1v) is 3.94. The molecule has 0 spiro atoms. The predicted octanol–water partition coefficient (Wildman–Crippen LogP) is 2.34. The fourth-order valence-corrected chi connectivity index (χ4v) is 0.837. The fraction of sp³-hybridized carbons (Fsp3) is 0.300. The number of nitrogens with one attached hydrogen (secondary N) is 1. The Morgan fingerprint density at radius 3 is 2.67 bits per heavy atom. The molecule has 0 heterocycles. The average Bonchev–Trinajstić information content (AvgIpc) is 2.19. The number of rotatable bonds is 2. The maximum Gasteiger partial charge on any atom is 0.224 e. The quantitative estimate of drug-likeness (QED) is 0.714. The van der Waals surface area contributed by atoms with Gasteiger partial charge in [0.1, 0.15) is 0 Å². The lowest BCUT2D eigenvalue weighted by molar-refractivity contribution is -0.115. The highest BCUT2D eigenvalue weighted by atomic mass is 16.1. The number of aryl methyl sites for hydroxylation is 1. The highest BCUT2D eigenvalue weighted by Gasteiger charge is 1.96. The molecule has 1 N–H and O–H groups in total. The highest BCUT2D eigenvalue weighted by molar-refractivity contribution is 5.90. The van der Waals surface area contributed by atoms with Gasteiger partial charge in [-0.3, -0.25) is 4.79 Å². The van der Waals surface area contributed by atoms with E-state index in [1.807, 2.05) is 31.2 Å². The normalized spacial score (nSPS) is 10.6. The summed E-state index contributed by atoms with van der Waals surface area (Å²) >= 11 is 0. The van der Waals surface area contributed by atoms with Gasteiger partial charge in [0.2, 0.25) is 5.91 Å². The zero-order valence-electron chi connectivity index (χ0n) is 8.13. The molecule has 0 fully saturated rings. The van der Waals surface area contributed by atoms with E-state index in [1.54, 1.807) is 0 Å². The van der Waals surface area contributed by atoms with Crippen LogP contribution < -0.4 is 5.32 Å². The zero-order chi connectivity index (χ0) is 9.68. The lowest BCUT2D eigenvalue weighted by Gasteiger charge is -2.02. The van der Waals surface area contributed by atoms with E-state index in [2.05, 4.69) is 5.32 Å². The second-order valence-corrected chi connectivity index (χ2v) is 2.60. The molecule has 0 aromatic heterocycles. The molecule has 64 valence electrons. The van der Waals surface area contributed by atoms with Crippen molar-refractivity contribution in [3.05, 3.63) is 29.8 Å². The standard InChI is InChI=1S/C10H13NO/c1-3-10(12)11-9-6-4-8(2)5-7-9/h4-7H,3H2,1-2H3,(H,11,12)/i2D. The molecule has 2 heteroatoms. The molecule has 12 heavy (non-hydrogen) atoms. The van der Waals surface area contributed by atoms with Gasteiger partial charge in [-0.15, -0.1) is 0 Å². The Balaban J connectivity index is 2.64. The van der Waals surface area contributed by atoms with Crippen molar-refractivity contribution in [3.8, 4) is 0 Å². The van der Waals surface area contributed by atoms with Crippen molar-refractivity contribution in [3.63, 3.8) is 0 Å². The van der Waals surface area contributed by atoms with Crippen LogP contribution in [0, 0.1) is 6.90 Å². The largest absolute Gasteiger partial charge is 0.326 e. The van der Waals surface area contributed by atoms with Gasteiger partial charge in [0, 0.05) is 13.5 Å². The summed E-state index contributed by atoms with van der Waals surface area (Å²) in [5.74, 6) is 0.0126. The van der Waals surface area contributed by atoms with Crippen molar-refractivity contribution < 1.29 is 6.17 Å². The van der Waals surface area contributed by atoms with Crippen molar-refractivity contribution in [2.45, 2.75) is 20.2 Å². The molecule has 1 aromatic rings. The number of carbonyl (C=O) groups is 1. The summed E-state index contributed by atoms with van der Waals surface area (Å²) in [5.41, 5.74) is 1.75. The van der Waals surface area contributed by atoms with Gasteiger partial charge in [-0.2, -0.15) is 0 Å². The summed E-state index contributed by atoms with van der Waals surface area (Å²) in [4.78, 5) is 11.0. The van der Waals surface area contributed by atoms with Crippen molar-refractivity contribution in [1.29, 1.82) is 0 Å². The van der Waals surface area contributed by atoms with Crippen LogP contribution in [0.5, 0.6) is 0 Å². The van der Waals surface area contributed by atoms with E-state index >= 15 is 0 Å². The van der Waals surface area contributed by atoms with Crippen LogP contribution in [-0.4, -0.2) is 5.91 Å². The summed E-state index contributed by atoms with van der Waals surface area (Å²) in [7, 11) is 0. The van der Waals surface area contributed by atoms with Crippen molar-refractivity contribution in [2.75, 3.05) is 5.32 Å².